The van der Waals surface area contributed by atoms with Gasteiger partial charge < -0.3 is 14.2 Å². The zero-order valence-corrected chi connectivity index (χ0v) is 52.4. The molecule has 0 bridgehead atoms. The zero-order chi connectivity index (χ0) is 57.1. The van der Waals surface area contributed by atoms with Gasteiger partial charge in [-0.15, -0.1) is 0 Å². The third kappa shape index (κ3) is 65.3. The molecule has 0 N–H and O–H groups in total. The Morgan fingerprint density at radius 2 is 0.506 bits per heavy atom. The van der Waals surface area contributed by atoms with Crippen LogP contribution in [0.1, 0.15) is 342 Å². The lowest BCUT2D eigenvalue weighted by atomic mass is 10.0. The van der Waals surface area contributed by atoms with Crippen molar-refractivity contribution in [3.05, 3.63) is 85.1 Å². The van der Waals surface area contributed by atoms with E-state index in [2.05, 4.69) is 106 Å². The highest BCUT2D eigenvalue weighted by molar-refractivity contribution is 5.71. The molecule has 0 fully saturated rings. The van der Waals surface area contributed by atoms with E-state index in [1.807, 2.05) is 0 Å². The van der Waals surface area contributed by atoms with Crippen molar-refractivity contribution in [1.29, 1.82) is 0 Å². The predicted molar refractivity (Wildman–Crippen MR) is 344 cm³/mol. The first kappa shape index (κ1) is 75.6. The molecule has 0 heterocycles. The average molecular weight is 1100 g/mol. The van der Waals surface area contributed by atoms with Crippen molar-refractivity contribution >= 4 is 17.9 Å². The van der Waals surface area contributed by atoms with Gasteiger partial charge in [-0.25, -0.2) is 0 Å². The number of unbranched alkanes of at least 4 members (excludes halogenated alkanes) is 37. The van der Waals surface area contributed by atoms with Gasteiger partial charge in [0, 0.05) is 19.3 Å². The molecule has 6 heteroatoms. The van der Waals surface area contributed by atoms with Crippen LogP contribution in [0.4, 0.5) is 0 Å². The van der Waals surface area contributed by atoms with E-state index in [9.17, 15) is 14.4 Å². The quantitative estimate of drug-likeness (QED) is 0.0261. The van der Waals surface area contributed by atoms with Gasteiger partial charge in [-0.2, -0.15) is 0 Å². The van der Waals surface area contributed by atoms with E-state index in [0.717, 1.165) is 103 Å². The molecular formula is C73H128O6. The van der Waals surface area contributed by atoms with Gasteiger partial charge in [0.25, 0.3) is 0 Å². The summed E-state index contributed by atoms with van der Waals surface area (Å²) in [6.45, 7) is 6.52. The van der Waals surface area contributed by atoms with Crippen LogP contribution in [0.3, 0.4) is 0 Å². The number of carbonyl (C=O) groups excluding carboxylic acids is 3. The highest BCUT2D eigenvalue weighted by atomic mass is 16.6. The fourth-order valence-corrected chi connectivity index (χ4v) is 9.78. The van der Waals surface area contributed by atoms with Crippen LogP contribution in [0.2, 0.25) is 0 Å². The molecule has 0 saturated carbocycles. The number of rotatable bonds is 62. The van der Waals surface area contributed by atoms with Gasteiger partial charge in [-0.05, 0) is 89.9 Å². The molecule has 0 spiro atoms. The lowest BCUT2D eigenvalue weighted by Gasteiger charge is -2.18. The van der Waals surface area contributed by atoms with Gasteiger partial charge in [0.1, 0.15) is 13.2 Å². The van der Waals surface area contributed by atoms with Crippen molar-refractivity contribution in [3.8, 4) is 0 Å². The summed E-state index contributed by atoms with van der Waals surface area (Å²) < 4.78 is 16.9. The Bertz CT molecular complexity index is 1500. The SMILES string of the molecule is CC/C=C\C/C=C\C/C=C\C/C=C\C/C=C\C/C=C\CCCCCCCCCCCCCCCCCCC(=O)OCC(COC(=O)CCCCCCC/C=C\CCCC)OC(=O)CCCCCCCCCCCCCCCCC. The minimum absolute atomic E-state index is 0.0735. The van der Waals surface area contributed by atoms with Gasteiger partial charge in [-0.3, -0.25) is 14.4 Å². The molecule has 456 valence electrons. The van der Waals surface area contributed by atoms with Crippen LogP contribution in [-0.4, -0.2) is 37.2 Å². The fourth-order valence-electron chi connectivity index (χ4n) is 9.78. The molecule has 0 aliphatic rings. The van der Waals surface area contributed by atoms with Crippen LogP contribution in [0, 0.1) is 0 Å². The Morgan fingerprint density at radius 1 is 0.266 bits per heavy atom. The summed E-state index contributed by atoms with van der Waals surface area (Å²) in [5, 5.41) is 0. The van der Waals surface area contributed by atoms with Crippen LogP contribution in [0.5, 0.6) is 0 Å². The van der Waals surface area contributed by atoms with Crippen molar-refractivity contribution < 1.29 is 28.6 Å². The van der Waals surface area contributed by atoms with Crippen LogP contribution in [0.25, 0.3) is 0 Å². The maximum atomic E-state index is 12.9. The van der Waals surface area contributed by atoms with Crippen molar-refractivity contribution in [2.75, 3.05) is 13.2 Å². The van der Waals surface area contributed by atoms with Gasteiger partial charge in [0.15, 0.2) is 6.10 Å². The summed E-state index contributed by atoms with van der Waals surface area (Å²) in [5.74, 6) is -0.866. The maximum Gasteiger partial charge on any atom is 0.306 e. The van der Waals surface area contributed by atoms with E-state index < -0.39 is 6.10 Å². The Morgan fingerprint density at radius 3 is 0.823 bits per heavy atom. The third-order valence-corrected chi connectivity index (χ3v) is 14.9. The van der Waals surface area contributed by atoms with Crippen LogP contribution < -0.4 is 0 Å². The standard InChI is InChI=1S/C73H128O6/c1-4-7-10-13-16-19-22-24-26-27-28-29-30-31-32-33-34-35-36-37-38-39-40-41-42-43-44-45-47-48-51-54-57-60-63-66-72(75)78-69-70(68-77-71(74)65-62-59-56-53-50-21-18-15-12-9-6-3)79-73(76)67-64-61-58-55-52-49-46-25-23-20-17-14-11-8-5-2/h7,10,15-16,18-19,24,26,28-29,31-32,34-35,70H,4-6,8-9,11-14,17,20-23,25,27,30,33,36-69H2,1-3H3/b10-7-,18-15-,19-16-,26-24-,29-28-,32-31-,35-34-. The molecule has 1 unspecified atom stereocenters. The van der Waals surface area contributed by atoms with E-state index in [-0.39, 0.29) is 31.1 Å². The molecule has 0 rings (SSSR count). The molecule has 0 aromatic carbocycles. The fraction of sp³-hybridized carbons (Fsp3) is 0.767. The monoisotopic (exact) mass is 1100 g/mol. The zero-order valence-electron chi connectivity index (χ0n) is 52.4. The summed E-state index contributed by atoms with van der Waals surface area (Å²) in [7, 11) is 0. The van der Waals surface area contributed by atoms with Crippen LogP contribution in [0.15, 0.2) is 85.1 Å². The summed E-state index contributed by atoms with van der Waals surface area (Å²) in [6, 6.07) is 0. The highest BCUT2D eigenvalue weighted by Crippen LogP contribution is 2.17. The second-order valence-electron chi connectivity index (χ2n) is 22.7. The Kier molecular flexibility index (Phi) is 64.2. The number of hydrogen-bond donors (Lipinski definition) is 0. The number of carbonyl (C=O) groups is 3. The number of esters is 3. The molecule has 79 heavy (non-hydrogen) atoms. The van der Waals surface area contributed by atoms with Gasteiger partial charge in [-0.1, -0.05) is 318 Å². The Hall–Kier alpha value is -3.41. The summed E-state index contributed by atoms with van der Waals surface area (Å²) in [5.41, 5.74) is 0. The van der Waals surface area contributed by atoms with Crippen molar-refractivity contribution in [3.63, 3.8) is 0 Å². The second-order valence-corrected chi connectivity index (χ2v) is 22.7. The molecular weight excluding hydrogens is 973 g/mol. The molecule has 0 aliphatic heterocycles. The minimum Gasteiger partial charge on any atom is -0.462 e. The molecule has 1 atom stereocenters. The summed E-state index contributed by atoms with van der Waals surface area (Å²) in [4.78, 5) is 38.2. The lowest BCUT2D eigenvalue weighted by Crippen LogP contribution is -2.30. The smallest absolute Gasteiger partial charge is 0.306 e. The molecule has 0 amide bonds. The van der Waals surface area contributed by atoms with Gasteiger partial charge in [0.05, 0.1) is 0 Å². The van der Waals surface area contributed by atoms with Gasteiger partial charge >= 0.3 is 17.9 Å². The largest absolute Gasteiger partial charge is 0.462 e. The second kappa shape index (κ2) is 67.1. The minimum atomic E-state index is -0.775. The first-order chi connectivity index (χ1) is 39.0. The van der Waals surface area contributed by atoms with E-state index in [1.165, 1.54) is 199 Å². The topological polar surface area (TPSA) is 78.9 Å². The number of hydrogen-bond acceptors (Lipinski definition) is 6. The molecule has 0 aromatic heterocycles. The van der Waals surface area contributed by atoms with Gasteiger partial charge in [0.2, 0.25) is 0 Å². The lowest BCUT2D eigenvalue weighted by molar-refractivity contribution is -0.167. The third-order valence-electron chi connectivity index (χ3n) is 14.9. The highest BCUT2D eigenvalue weighted by Gasteiger charge is 2.19. The first-order valence-corrected chi connectivity index (χ1v) is 34.1. The molecule has 6 nitrogen and oxygen atoms in total. The normalized spacial score (nSPS) is 12.6. The number of allylic oxidation sites excluding steroid dienone is 14. The van der Waals surface area contributed by atoms with E-state index in [0.29, 0.717) is 19.3 Å². The van der Waals surface area contributed by atoms with Crippen molar-refractivity contribution in [2.24, 2.45) is 0 Å². The maximum absolute atomic E-state index is 12.9. The molecule has 0 saturated heterocycles. The molecule has 0 radical (unpaired) electrons. The molecule has 0 aromatic rings. The Labute approximate surface area is 490 Å². The molecule has 0 aliphatic carbocycles. The van der Waals surface area contributed by atoms with E-state index >= 15 is 0 Å². The first-order valence-electron chi connectivity index (χ1n) is 34.1. The van der Waals surface area contributed by atoms with Crippen LogP contribution >= 0.6 is 0 Å². The predicted octanol–water partition coefficient (Wildman–Crippen LogP) is 23.4. The summed E-state index contributed by atoms with van der Waals surface area (Å²) >= 11 is 0. The van der Waals surface area contributed by atoms with Crippen molar-refractivity contribution in [2.45, 2.75) is 348 Å². The van der Waals surface area contributed by atoms with E-state index in [1.54, 1.807) is 0 Å². The van der Waals surface area contributed by atoms with Crippen LogP contribution in [-0.2, 0) is 28.6 Å². The average Bonchev–Trinajstić information content (AvgIpc) is 3.45. The Balaban J connectivity index is 4.09. The van der Waals surface area contributed by atoms with Crippen molar-refractivity contribution in [1.82, 2.24) is 0 Å². The summed E-state index contributed by atoms with van der Waals surface area (Å²) in [6.07, 6.45) is 89.0. The number of ether oxygens (including phenoxy) is 3. The van der Waals surface area contributed by atoms with E-state index in [4.69, 9.17) is 14.2 Å².